The van der Waals surface area contributed by atoms with E-state index in [-0.39, 0.29) is 59.3 Å². The summed E-state index contributed by atoms with van der Waals surface area (Å²) in [5, 5.41) is 0. The van der Waals surface area contributed by atoms with Crippen LogP contribution in [0, 0.1) is 0 Å². The van der Waals surface area contributed by atoms with E-state index in [0.29, 0.717) is 0 Å². The normalized spacial score (nSPS) is 0. The van der Waals surface area contributed by atoms with Crippen molar-refractivity contribution >= 4 is 0 Å². The quantitative estimate of drug-likeness (QED) is 0.543. The van der Waals surface area contributed by atoms with Gasteiger partial charge in [-0.2, -0.15) is 0 Å². The van der Waals surface area contributed by atoms with Crippen LogP contribution in [0.3, 0.4) is 0 Å². The predicted octanol–water partition coefficient (Wildman–Crippen LogP) is -0.361. The van der Waals surface area contributed by atoms with Crippen LogP contribution in [0.25, 0.3) is 0 Å². The molecule has 5 heavy (non-hydrogen) atoms. The van der Waals surface area contributed by atoms with Crippen molar-refractivity contribution in [2.45, 2.75) is 0 Å². The van der Waals surface area contributed by atoms with Gasteiger partial charge in [0.1, 0.15) is 0 Å². The number of hydrogen-bond donors (Lipinski definition) is 0. The minimum atomic E-state index is 0. The van der Waals surface area contributed by atoms with Crippen molar-refractivity contribution in [2.75, 3.05) is 0 Å². The molecule has 0 saturated heterocycles. The Balaban J connectivity index is 0. The Morgan fingerprint density at radius 3 is 0.600 bits per heavy atom. The first-order valence-corrected chi connectivity index (χ1v) is 0. The van der Waals surface area contributed by atoms with E-state index in [2.05, 4.69) is 0 Å². The summed E-state index contributed by atoms with van der Waals surface area (Å²) in [6.07, 6.45) is 0. The fraction of sp³-hybridized carbons (Fsp3) is 0. The average molecular weight is 281 g/mol. The van der Waals surface area contributed by atoms with Gasteiger partial charge in [0, 0.05) is 0 Å². The molecule has 0 N–H and O–H groups in total. The molecule has 0 amide bonds. The number of rotatable bonds is 0. The second-order valence-electron chi connectivity index (χ2n) is 0. The molecule has 0 heterocycles. The molecular formula is HfMnO3. The van der Waals surface area contributed by atoms with Gasteiger partial charge in [0.2, 0.25) is 0 Å². The zero-order chi connectivity index (χ0) is 0. The molecule has 0 unspecified atom stereocenters. The summed E-state index contributed by atoms with van der Waals surface area (Å²) in [7, 11) is 0. The fourth-order valence-electron chi connectivity index (χ4n) is 0. The summed E-state index contributed by atoms with van der Waals surface area (Å²) < 4.78 is 0. The molecule has 0 aliphatic heterocycles. The fourth-order valence-corrected chi connectivity index (χ4v) is 0. The molecule has 0 aromatic rings. The third-order valence-electron chi connectivity index (χ3n) is 0. The Labute approximate surface area is 59.3 Å². The minimum Gasteiger partial charge on any atom is -2.00 e. The predicted molar refractivity (Wildman–Crippen MR) is 2.06 cm³/mol. The van der Waals surface area contributed by atoms with E-state index in [0.717, 1.165) is 0 Å². The van der Waals surface area contributed by atoms with Gasteiger partial charge in [-0.05, 0) is 0 Å². The molecule has 1 radical (unpaired) electrons. The molecule has 0 bridgehead atoms. The van der Waals surface area contributed by atoms with Crippen LogP contribution in [-0.4, -0.2) is 0 Å². The molecular weight excluding hydrogens is 281 g/mol. The molecule has 0 aliphatic carbocycles. The maximum Gasteiger partial charge on any atom is 4.00 e. The summed E-state index contributed by atoms with van der Waals surface area (Å²) >= 11 is 0. The Hall–Kier alpha value is 1.27. The zero-order valence-corrected chi connectivity index (χ0v) is 6.88. The Kier molecular flexibility index (Phi) is 1290. The smallest absolute Gasteiger partial charge is 2.00 e. The first-order valence-electron chi connectivity index (χ1n) is 0. The third-order valence-corrected chi connectivity index (χ3v) is 0. The Morgan fingerprint density at radius 1 is 0.600 bits per heavy atom. The Morgan fingerprint density at radius 2 is 0.600 bits per heavy atom. The molecule has 0 aliphatic rings. The molecule has 0 spiro atoms. The zero-order valence-electron chi connectivity index (χ0n) is 2.10. The molecule has 0 saturated carbocycles. The van der Waals surface area contributed by atoms with Crippen LogP contribution in [0.2, 0.25) is 0 Å². The van der Waals surface area contributed by atoms with Crippen molar-refractivity contribution < 1.29 is 59.3 Å². The van der Waals surface area contributed by atoms with E-state index in [9.17, 15) is 0 Å². The summed E-state index contributed by atoms with van der Waals surface area (Å²) in [5.74, 6) is 0. The van der Waals surface area contributed by atoms with E-state index >= 15 is 0 Å². The van der Waals surface area contributed by atoms with E-state index in [1.165, 1.54) is 0 Å². The van der Waals surface area contributed by atoms with Crippen LogP contribution in [0.4, 0.5) is 0 Å². The summed E-state index contributed by atoms with van der Waals surface area (Å²) in [5.41, 5.74) is 0. The minimum absolute atomic E-state index is 0. The first-order chi connectivity index (χ1) is 0. The monoisotopic (exact) mass is 283 g/mol. The van der Waals surface area contributed by atoms with Gasteiger partial charge in [0.05, 0.1) is 0 Å². The van der Waals surface area contributed by atoms with Gasteiger partial charge in [-0.1, -0.05) is 0 Å². The molecule has 0 fully saturated rings. The largest absolute Gasteiger partial charge is 4.00 e. The van der Waals surface area contributed by atoms with Gasteiger partial charge in [-0.3, -0.25) is 0 Å². The van der Waals surface area contributed by atoms with Crippen LogP contribution in [-0.2, 0) is 59.3 Å². The van der Waals surface area contributed by atoms with Crippen molar-refractivity contribution in [1.82, 2.24) is 0 Å². The van der Waals surface area contributed by atoms with Gasteiger partial charge >= 0.3 is 42.9 Å². The van der Waals surface area contributed by atoms with Crippen molar-refractivity contribution in [3.8, 4) is 0 Å². The summed E-state index contributed by atoms with van der Waals surface area (Å²) in [4.78, 5) is 0. The van der Waals surface area contributed by atoms with Crippen molar-refractivity contribution in [1.29, 1.82) is 0 Å². The van der Waals surface area contributed by atoms with Crippen molar-refractivity contribution in [2.24, 2.45) is 0 Å². The van der Waals surface area contributed by atoms with E-state index in [4.69, 9.17) is 0 Å². The molecule has 0 rings (SSSR count). The van der Waals surface area contributed by atoms with Gasteiger partial charge in [0.15, 0.2) is 0 Å². The summed E-state index contributed by atoms with van der Waals surface area (Å²) in [6, 6.07) is 0. The van der Waals surface area contributed by atoms with Crippen molar-refractivity contribution in [3.63, 3.8) is 0 Å². The van der Waals surface area contributed by atoms with Crippen LogP contribution in [0.5, 0.6) is 0 Å². The van der Waals surface area contributed by atoms with Crippen LogP contribution < -0.4 is 0 Å². The standard InChI is InChI=1S/Hf.Mn.3O/q+4;+2;3*-2. The van der Waals surface area contributed by atoms with Crippen LogP contribution in [0.15, 0.2) is 0 Å². The summed E-state index contributed by atoms with van der Waals surface area (Å²) in [6.45, 7) is 0. The molecule has 0 aromatic heterocycles. The number of hydrogen-bond acceptors (Lipinski definition) is 0. The second-order valence-corrected chi connectivity index (χ2v) is 0. The maximum atomic E-state index is 0. The van der Waals surface area contributed by atoms with Gasteiger partial charge in [-0.25, -0.2) is 0 Å². The topological polar surface area (TPSA) is 85.5 Å². The van der Waals surface area contributed by atoms with Crippen LogP contribution in [0.1, 0.15) is 0 Å². The molecule has 0 aromatic carbocycles. The molecule has 0 atom stereocenters. The van der Waals surface area contributed by atoms with E-state index < -0.39 is 0 Å². The third kappa shape index (κ3) is 34.9. The van der Waals surface area contributed by atoms with Gasteiger partial charge < -0.3 is 16.4 Å². The molecule has 29 valence electrons. The van der Waals surface area contributed by atoms with Crippen LogP contribution >= 0.6 is 0 Å². The SMILES string of the molecule is [Hf+4].[Mn+2].[O-2].[O-2].[O-2]. The second kappa shape index (κ2) is 59.6. The van der Waals surface area contributed by atoms with E-state index in [1.54, 1.807) is 0 Å². The molecule has 3 nitrogen and oxygen atoms in total. The van der Waals surface area contributed by atoms with Gasteiger partial charge in [-0.15, -0.1) is 0 Å². The maximum absolute atomic E-state index is 0. The molecule has 5 heteroatoms. The average Bonchev–Trinajstić information content (AvgIpc) is 0. The van der Waals surface area contributed by atoms with E-state index in [1.807, 2.05) is 0 Å². The van der Waals surface area contributed by atoms with Crippen molar-refractivity contribution in [3.05, 3.63) is 0 Å². The Bertz CT molecular complexity index is 6.85. The first kappa shape index (κ1) is 108. The van der Waals surface area contributed by atoms with Gasteiger partial charge in [0.25, 0.3) is 0 Å².